The van der Waals surface area contributed by atoms with Gasteiger partial charge in [-0.15, -0.1) is 0 Å². The number of carbonyl (C=O) groups excluding carboxylic acids is 2. The second-order valence-electron chi connectivity index (χ2n) is 8.37. The minimum absolute atomic E-state index is 0.124. The summed E-state index contributed by atoms with van der Waals surface area (Å²) < 4.78 is 0. The van der Waals surface area contributed by atoms with E-state index in [2.05, 4.69) is 32.7 Å². The van der Waals surface area contributed by atoms with E-state index in [1.807, 2.05) is 30.0 Å². The van der Waals surface area contributed by atoms with Crippen molar-refractivity contribution in [1.29, 1.82) is 0 Å². The van der Waals surface area contributed by atoms with E-state index in [0.717, 1.165) is 12.0 Å². The van der Waals surface area contributed by atoms with Crippen LogP contribution in [0.5, 0.6) is 0 Å². The predicted octanol–water partition coefficient (Wildman–Crippen LogP) is 3.36. The van der Waals surface area contributed by atoms with E-state index in [-0.39, 0.29) is 23.7 Å². The Morgan fingerprint density at radius 2 is 1.97 bits per heavy atom. The fourth-order valence-electron chi connectivity index (χ4n) is 4.35. The number of hydrogen-bond acceptors (Lipinski definition) is 5. The third-order valence-electron chi connectivity index (χ3n) is 6.07. The largest absolute Gasteiger partial charge is 0.338 e. The van der Waals surface area contributed by atoms with Gasteiger partial charge in [-0.25, -0.2) is 0 Å². The number of benzene rings is 2. The van der Waals surface area contributed by atoms with Crippen LogP contribution < -0.4 is 21.1 Å². The summed E-state index contributed by atoms with van der Waals surface area (Å²) in [7, 11) is 0. The number of carbonyl (C=O) groups is 2. The second-order valence-corrected chi connectivity index (χ2v) is 8.78. The van der Waals surface area contributed by atoms with E-state index in [4.69, 9.17) is 11.6 Å². The standard InChI is InChI=1S/C24H22ClN5O3/c1-13-6-7-18(17(25)10-13)26-22(32)16-11-19(31)27-21-20(16)23(33)29-24(28-21)30-9-8-14-4-2-3-5-15(14)12-30/h2-7,10,16H,8-9,11-12H2,1H3,(H,26,32)(H2,27,28,29,31,33). The molecular weight excluding hydrogens is 442 g/mol. The first-order chi connectivity index (χ1) is 15.9. The van der Waals surface area contributed by atoms with Crippen LogP contribution in [0.4, 0.5) is 17.5 Å². The molecule has 0 radical (unpaired) electrons. The van der Waals surface area contributed by atoms with Gasteiger partial charge in [0.05, 0.1) is 22.2 Å². The summed E-state index contributed by atoms with van der Waals surface area (Å²) in [6.07, 6.45) is 0.676. The van der Waals surface area contributed by atoms with Crippen LogP contribution in [0.1, 0.15) is 34.6 Å². The average molecular weight is 464 g/mol. The first kappa shape index (κ1) is 21.2. The number of nitrogens with zero attached hydrogens (tertiary/aromatic N) is 2. The van der Waals surface area contributed by atoms with Crippen molar-refractivity contribution in [3.05, 3.63) is 80.1 Å². The molecule has 1 atom stereocenters. The molecule has 1 aromatic heterocycles. The van der Waals surface area contributed by atoms with Crippen LogP contribution >= 0.6 is 11.6 Å². The second kappa shape index (κ2) is 8.37. The molecule has 0 saturated carbocycles. The minimum Gasteiger partial charge on any atom is -0.338 e. The predicted molar refractivity (Wildman–Crippen MR) is 127 cm³/mol. The van der Waals surface area contributed by atoms with Crippen molar-refractivity contribution < 1.29 is 9.59 Å². The quantitative estimate of drug-likeness (QED) is 0.552. The summed E-state index contributed by atoms with van der Waals surface area (Å²) in [6.45, 7) is 3.17. The SMILES string of the molecule is Cc1ccc(NC(=O)C2CC(=O)Nc3nc(N4CCc5ccccc5C4)[nH]c(=O)c32)c(Cl)c1. The lowest BCUT2D eigenvalue weighted by Crippen LogP contribution is -2.38. The number of nitrogens with one attached hydrogen (secondary N) is 3. The van der Waals surface area contributed by atoms with Gasteiger partial charge < -0.3 is 15.5 Å². The van der Waals surface area contributed by atoms with Crippen molar-refractivity contribution in [1.82, 2.24) is 9.97 Å². The summed E-state index contributed by atoms with van der Waals surface area (Å²) in [5.41, 5.74) is 3.52. The summed E-state index contributed by atoms with van der Waals surface area (Å²) in [4.78, 5) is 47.8. The van der Waals surface area contributed by atoms with Gasteiger partial charge in [0, 0.05) is 19.5 Å². The summed E-state index contributed by atoms with van der Waals surface area (Å²) in [6, 6.07) is 13.4. The first-order valence-electron chi connectivity index (χ1n) is 10.7. The lowest BCUT2D eigenvalue weighted by atomic mass is 9.92. The molecule has 2 amide bonds. The van der Waals surface area contributed by atoms with Gasteiger partial charge in [-0.2, -0.15) is 4.98 Å². The zero-order valence-corrected chi connectivity index (χ0v) is 18.7. The summed E-state index contributed by atoms with van der Waals surface area (Å²) >= 11 is 6.24. The maximum atomic E-state index is 13.1. The first-order valence-corrected chi connectivity index (χ1v) is 11.1. The zero-order chi connectivity index (χ0) is 23.1. The van der Waals surface area contributed by atoms with Crippen LogP contribution in [0, 0.1) is 6.92 Å². The molecule has 33 heavy (non-hydrogen) atoms. The Morgan fingerprint density at radius 1 is 1.18 bits per heavy atom. The van der Waals surface area contributed by atoms with Gasteiger partial charge >= 0.3 is 0 Å². The van der Waals surface area contributed by atoms with Crippen molar-refractivity contribution in [3.63, 3.8) is 0 Å². The van der Waals surface area contributed by atoms with Gasteiger partial charge in [0.15, 0.2) is 0 Å². The molecule has 0 spiro atoms. The fraction of sp³-hybridized carbons (Fsp3) is 0.250. The van der Waals surface area contributed by atoms with Gasteiger partial charge in [0.1, 0.15) is 5.82 Å². The summed E-state index contributed by atoms with van der Waals surface area (Å²) in [5.74, 6) is -1.33. The van der Waals surface area contributed by atoms with E-state index in [9.17, 15) is 14.4 Å². The molecule has 0 fully saturated rings. The van der Waals surface area contributed by atoms with Crippen LogP contribution in [0.25, 0.3) is 0 Å². The Kier molecular flexibility index (Phi) is 5.38. The Hall–Kier alpha value is -3.65. The van der Waals surface area contributed by atoms with Crippen molar-refractivity contribution in [2.24, 2.45) is 0 Å². The molecule has 5 rings (SSSR count). The maximum absolute atomic E-state index is 13.1. The molecule has 2 aliphatic rings. The molecule has 3 N–H and O–H groups in total. The van der Waals surface area contributed by atoms with Gasteiger partial charge in [-0.3, -0.25) is 19.4 Å². The Balaban J connectivity index is 1.45. The Labute approximate surface area is 195 Å². The number of hydrogen-bond donors (Lipinski definition) is 3. The van der Waals surface area contributed by atoms with Crippen LogP contribution in [-0.4, -0.2) is 28.3 Å². The van der Waals surface area contributed by atoms with Crippen molar-refractivity contribution >= 4 is 40.9 Å². The topological polar surface area (TPSA) is 107 Å². The van der Waals surface area contributed by atoms with E-state index in [1.54, 1.807) is 12.1 Å². The van der Waals surface area contributed by atoms with Gasteiger partial charge in [-0.1, -0.05) is 41.9 Å². The highest BCUT2D eigenvalue weighted by atomic mass is 35.5. The smallest absolute Gasteiger partial charge is 0.258 e. The highest BCUT2D eigenvalue weighted by Gasteiger charge is 2.35. The number of anilines is 3. The van der Waals surface area contributed by atoms with E-state index < -0.39 is 17.4 Å². The number of H-pyrrole nitrogens is 1. The lowest BCUT2D eigenvalue weighted by Gasteiger charge is -2.30. The maximum Gasteiger partial charge on any atom is 0.258 e. The molecule has 0 saturated heterocycles. The fourth-order valence-corrected chi connectivity index (χ4v) is 4.63. The molecule has 168 valence electrons. The lowest BCUT2D eigenvalue weighted by molar-refractivity contribution is -0.123. The molecule has 0 aliphatic carbocycles. The molecule has 1 unspecified atom stereocenters. The Bertz CT molecular complexity index is 1340. The molecule has 2 aliphatic heterocycles. The normalized spacial score (nSPS) is 17.1. The van der Waals surface area contributed by atoms with Gasteiger partial charge in [0.25, 0.3) is 5.56 Å². The minimum atomic E-state index is -0.974. The van der Waals surface area contributed by atoms with Gasteiger partial charge in [-0.05, 0) is 42.2 Å². The number of aromatic amines is 1. The zero-order valence-electron chi connectivity index (χ0n) is 17.9. The van der Waals surface area contributed by atoms with Gasteiger partial charge in [0.2, 0.25) is 17.8 Å². The monoisotopic (exact) mass is 463 g/mol. The molecule has 3 aromatic rings. The highest BCUT2D eigenvalue weighted by molar-refractivity contribution is 6.33. The number of halogens is 1. The molecule has 2 aromatic carbocycles. The van der Waals surface area contributed by atoms with E-state index in [1.165, 1.54) is 11.1 Å². The molecule has 9 heteroatoms. The van der Waals surface area contributed by atoms with Crippen molar-refractivity contribution in [2.45, 2.75) is 32.2 Å². The molecule has 8 nitrogen and oxygen atoms in total. The van der Waals surface area contributed by atoms with Crippen LogP contribution in [0.15, 0.2) is 47.3 Å². The van der Waals surface area contributed by atoms with Crippen molar-refractivity contribution in [3.8, 4) is 0 Å². The van der Waals surface area contributed by atoms with E-state index in [0.29, 0.717) is 29.7 Å². The number of aryl methyl sites for hydroxylation is 1. The van der Waals surface area contributed by atoms with Crippen molar-refractivity contribution in [2.75, 3.05) is 22.1 Å². The summed E-state index contributed by atoms with van der Waals surface area (Å²) in [5, 5.41) is 5.79. The number of amides is 2. The van der Waals surface area contributed by atoms with Crippen LogP contribution in [0.3, 0.4) is 0 Å². The number of fused-ring (bicyclic) bond motifs is 2. The Morgan fingerprint density at radius 3 is 2.76 bits per heavy atom. The molecular formula is C24H22ClN5O3. The third kappa shape index (κ3) is 4.09. The molecule has 3 heterocycles. The van der Waals surface area contributed by atoms with Crippen LogP contribution in [-0.2, 0) is 22.6 Å². The number of aromatic nitrogens is 2. The van der Waals surface area contributed by atoms with E-state index >= 15 is 0 Å². The highest BCUT2D eigenvalue weighted by Crippen LogP contribution is 2.32. The third-order valence-corrected chi connectivity index (χ3v) is 6.38. The molecule has 0 bridgehead atoms. The number of rotatable bonds is 3. The van der Waals surface area contributed by atoms with Crippen LogP contribution in [0.2, 0.25) is 5.02 Å². The average Bonchev–Trinajstić information content (AvgIpc) is 2.79.